The predicted molar refractivity (Wildman–Crippen MR) is 58.8 cm³/mol. The molecule has 0 bridgehead atoms. The van der Waals surface area contributed by atoms with Crippen molar-refractivity contribution in [3.05, 3.63) is 0 Å². The Morgan fingerprint density at radius 2 is 2.25 bits per heavy atom. The molecule has 0 radical (unpaired) electrons. The molecule has 94 valence electrons. The van der Waals surface area contributed by atoms with Gasteiger partial charge in [-0.05, 0) is 24.7 Å². The highest BCUT2D eigenvalue weighted by Gasteiger charge is 2.30. The number of hydrogen-bond donors (Lipinski definition) is 2. The summed E-state index contributed by atoms with van der Waals surface area (Å²) >= 11 is 0. The molecule has 0 amide bonds. The maximum Gasteiger partial charge on any atom is 0.303 e. The van der Waals surface area contributed by atoms with E-state index in [0.29, 0.717) is 13.1 Å². The predicted octanol–water partition coefficient (Wildman–Crippen LogP) is 0.0127. The summed E-state index contributed by atoms with van der Waals surface area (Å²) in [6.07, 6.45) is 1.68. The molecular formula is C9H18N2O4S. The summed E-state index contributed by atoms with van der Waals surface area (Å²) in [5.41, 5.74) is 0. The van der Waals surface area contributed by atoms with Crippen LogP contribution in [-0.2, 0) is 15.0 Å². The van der Waals surface area contributed by atoms with E-state index in [2.05, 4.69) is 0 Å². The third-order valence-electron chi connectivity index (χ3n) is 3.08. The van der Waals surface area contributed by atoms with E-state index in [-0.39, 0.29) is 18.3 Å². The van der Waals surface area contributed by atoms with Crippen LogP contribution in [0.1, 0.15) is 26.2 Å². The van der Waals surface area contributed by atoms with Crippen LogP contribution in [0.4, 0.5) is 0 Å². The van der Waals surface area contributed by atoms with Gasteiger partial charge in [0.05, 0.1) is 0 Å². The molecule has 0 aromatic rings. The van der Waals surface area contributed by atoms with Gasteiger partial charge in [0.2, 0.25) is 0 Å². The summed E-state index contributed by atoms with van der Waals surface area (Å²) < 4.78 is 23.6. The van der Waals surface area contributed by atoms with Gasteiger partial charge in [0.15, 0.2) is 0 Å². The Labute approximate surface area is 95.6 Å². The van der Waals surface area contributed by atoms with Crippen LogP contribution in [0.25, 0.3) is 0 Å². The zero-order chi connectivity index (χ0) is 12.3. The molecule has 2 unspecified atom stereocenters. The molecule has 1 rings (SSSR count). The minimum atomic E-state index is -3.63. The van der Waals surface area contributed by atoms with Gasteiger partial charge < -0.3 is 5.11 Å². The van der Waals surface area contributed by atoms with Crippen molar-refractivity contribution in [3.63, 3.8) is 0 Å². The smallest absolute Gasteiger partial charge is 0.303 e. The summed E-state index contributed by atoms with van der Waals surface area (Å²) in [7, 11) is -3.63. The van der Waals surface area contributed by atoms with E-state index in [1.807, 2.05) is 6.92 Å². The van der Waals surface area contributed by atoms with Crippen molar-refractivity contribution in [2.75, 3.05) is 13.1 Å². The van der Waals surface area contributed by atoms with Gasteiger partial charge in [-0.1, -0.05) is 6.92 Å². The van der Waals surface area contributed by atoms with Crippen LogP contribution in [0.3, 0.4) is 0 Å². The summed E-state index contributed by atoms with van der Waals surface area (Å²) in [6.45, 7) is 2.62. The van der Waals surface area contributed by atoms with Crippen molar-refractivity contribution >= 4 is 16.2 Å². The molecule has 1 aliphatic rings. The van der Waals surface area contributed by atoms with Crippen molar-refractivity contribution in [1.29, 1.82) is 0 Å². The van der Waals surface area contributed by atoms with Gasteiger partial charge >= 0.3 is 5.97 Å². The second-order valence-electron chi connectivity index (χ2n) is 4.38. The van der Waals surface area contributed by atoms with E-state index < -0.39 is 16.2 Å². The van der Waals surface area contributed by atoms with E-state index in [9.17, 15) is 13.2 Å². The lowest BCUT2D eigenvalue weighted by Gasteiger charge is -2.33. The SMILES string of the molecule is CC(CC(=O)O)C1CCCN(S(N)(=O)=O)C1. The van der Waals surface area contributed by atoms with Crippen LogP contribution in [0.2, 0.25) is 0 Å². The number of carboxylic acids is 1. The first-order valence-electron chi connectivity index (χ1n) is 5.30. The highest BCUT2D eigenvalue weighted by atomic mass is 32.2. The van der Waals surface area contributed by atoms with E-state index >= 15 is 0 Å². The third kappa shape index (κ3) is 3.73. The largest absolute Gasteiger partial charge is 0.481 e. The van der Waals surface area contributed by atoms with E-state index in [1.165, 1.54) is 4.31 Å². The number of aliphatic carboxylic acids is 1. The van der Waals surface area contributed by atoms with Crippen molar-refractivity contribution in [3.8, 4) is 0 Å². The molecule has 1 aliphatic heterocycles. The fourth-order valence-electron chi connectivity index (χ4n) is 2.11. The Morgan fingerprint density at radius 1 is 1.62 bits per heavy atom. The monoisotopic (exact) mass is 250 g/mol. The maximum absolute atomic E-state index is 11.2. The number of nitrogens with zero attached hydrogens (tertiary/aromatic N) is 1. The molecule has 6 nitrogen and oxygen atoms in total. The van der Waals surface area contributed by atoms with Crippen LogP contribution >= 0.6 is 0 Å². The van der Waals surface area contributed by atoms with E-state index in [4.69, 9.17) is 10.2 Å². The molecule has 0 aromatic carbocycles. The standard InChI is InChI=1S/C9H18N2O4S/c1-7(5-9(12)13)8-3-2-4-11(6-8)16(10,14)15/h7-8H,2-6H2,1H3,(H,12,13)(H2,10,14,15). The van der Waals surface area contributed by atoms with Crippen molar-refractivity contribution in [2.45, 2.75) is 26.2 Å². The Morgan fingerprint density at radius 3 is 2.75 bits per heavy atom. The minimum absolute atomic E-state index is 0.0259. The fraction of sp³-hybridized carbons (Fsp3) is 0.889. The lowest BCUT2D eigenvalue weighted by atomic mass is 9.85. The number of piperidine rings is 1. The molecule has 0 aliphatic carbocycles. The Bertz CT molecular complexity index is 355. The van der Waals surface area contributed by atoms with Crippen molar-refractivity contribution in [1.82, 2.24) is 4.31 Å². The van der Waals surface area contributed by atoms with Crippen molar-refractivity contribution < 1.29 is 18.3 Å². The molecule has 1 saturated heterocycles. The molecule has 16 heavy (non-hydrogen) atoms. The molecule has 3 N–H and O–H groups in total. The highest BCUT2D eigenvalue weighted by molar-refractivity contribution is 7.86. The average molecular weight is 250 g/mol. The van der Waals surface area contributed by atoms with Gasteiger partial charge in [-0.15, -0.1) is 0 Å². The lowest BCUT2D eigenvalue weighted by Crippen LogP contribution is -2.45. The lowest BCUT2D eigenvalue weighted by molar-refractivity contribution is -0.138. The zero-order valence-electron chi connectivity index (χ0n) is 9.30. The molecular weight excluding hydrogens is 232 g/mol. The Kier molecular flexibility index (Phi) is 4.28. The average Bonchev–Trinajstić information content (AvgIpc) is 2.15. The molecule has 0 saturated carbocycles. The zero-order valence-corrected chi connectivity index (χ0v) is 10.1. The highest BCUT2D eigenvalue weighted by Crippen LogP contribution is 2.26. The maximum atomic E-state index is 11.2. The summed E-state index contributed by atoms with van der Waals surface area (Å²) in [6, 6.07) is 0. The second kappa shape index (κ2) is 5.11. The molecule has 0 aromatic heterocycles. The van der Waals surface area contributed by atoms with Gasteiger partial charge in [0.25, 0.3) is 10.2 Å². The van der Waals surface area contributed by atoms with Crippen molar-refractivity contribution in [2.24, 2.45) is 17.0 Å². The van der Waals surface area contributed by atoms with E-state index in [0.717, 1.165) is 12.8 Å². The van der Waals surface area contributed by atoms with Gasteiger partial charge in [0, 0.05) is 19.5 Å². The molecule has 7 heteroatoms. The molecule has 2 atom stereocenters. The summed E-state index contributed by atoms with van der Waals surface area (Å²) in [4.78, 5) is 10.6. The number of rotatable bonds is 4. The molecule has 0 spiro atoms. The summed E-state index contributed by atoms with van der Waals surface area (Å²) in [5.74, 6) is -0.787. The third-order valence-corrected chi connectivity index (χ3v) is 4.13. The Hall–Kier alpha value is -0.660. The quantitative estimate of drug-likeness (QED) is 0.734. The molecule has 1 heterocycles. The van der Waals surface area contributed by atoms with Crippen LogP contribution in [0, 0.1) is 11.8 Å². The Balaban J connectivity index is 2.60. The normalized spacial score (nSPS) is 25.2. The van der Waals surface area contributed by atoms with Crippen LogP contribution < -0.4 is 5.14 Å². The first kappa shape index (κ1) is 13.4. The van der Waals surface area contributed by atoms with Crippen LogP contribution in [-0.4, -0.2) is 36.9 Å². The van der Waals surface area contributed by atoms with Crippen LogP contribution in [0.15, 0.2) is 0 Å². The first-order valence-corrected chi connectivity index (χ1v) is 6.80. The second-order valence-corrected chi connectivity index (χ2v) is 5.93. The fourth-order valence-corrected chi connectivity index (χ4v) is 2.89. The number of nitrogens with two attached hydrogens (primary N) is 1. The topological polar surface area (TPSA) is 101 Å². The first-order chi connectivity index (χ1) is 7.30. The van der Waals surface area contributed by atoms with Gasteiger partial charge in [0.1, 0.15) is 0 Å². The summed E-state index contributed by atoms with van der Waals surface area (Å²) in [5, 5.41) is 13.7. The van der Waals surface area contributed by atoms with Gasteiger partial charge in [-0.25, -0.2) is 5.14 Å². The minimum Gasteiger partial charge on any atom is -0.481 e. The van der Waals surface area contributed by atoms with E-state index in [1.54, 1.807) is 0 Å². The number of carboxylic acid groups (broad SMARTS) is 1. The van der Waals surface area contributed by atoms with Crippen LogP contribution in [0.5, 0.6) is 0 Å². The van der Waals surface area contributed by atoms with Gasteiger partial charge in [-0.2, -0.15) is 12.7 Å². The number of carbonyl (C=O) groups is 1. The molecule has 1 fully saturated rings. The van der Waals surface area contributed by atoms with Gasteiger partial charge in [-0.3, -0.25) is 4.79 Å². The number of hydrogen-bond acceptors (Lipinski definition) is 3.